The molecule has 4 rings (SSSR count). The molecule has 2 atom stereocenters. The van der Waals surface area contributed by atoms with Crippen LogP contribution in [0.3, 0.4) is 0 Å². The fraction of sp³-hybridized carbons (Fsp3) is 0.407. The number of carbonyl (C=O) groups excluding carboxylic acids is 2. The first-order valence-electron chi connectivity index (χ1n) is 11.5. The minimum atomic E-state index is -0.433. The molecule has 0 saturated heterocycles. The van der Waals surface area contributed by atoms with Crippen molar-refractivity contribution in [2.75, 3.05) is 26.4 Å². The molecule has 0 N–H and O–H groups in total. The van der Waals surface area contributed by atoms with Gasteiger partial charge in [0.05, 0.1) is 0 Å². The zero-order chi connectivity index (χ0) is 24.4. The van der Waals surface area contributed by atoms with Crippen LogP contribution in [-0.2, 0) is 19.1 Å². The molecule has 34 heavy (non-hydrogen) atoms. The first-order chi connectivity index (χ1) is 16.3. The first kappa shape index (κ1) is 24.1. The minimum absolute atomic E-state index is 0.128. The molecule has 0 radical (unpaired) electrons. The highest BCUT2D eigenvalue weighted by Gasteiger charge is 2.42. The van der Waals surface area contributed by atoms with Crippen LogP contribution in [0, 0.1) is 0 Å². The van der Waals surface area contributed by atoms with Gasteiger partial charge in [-0.25, -0.2) is 9.59 Å². The topological polar surface area (TPSA) is 71.1 Å². The molecular weight excluding hydrogens is 456 g/mol. The molecule has 6 nitrogen and oxygen atoms in total. The molecule has 0 aliphatic heterocycles. The molecule has 2 aromatic rings. The van der Waals surface area contributed by atoms with Gasteiger partial charge in [0.25, 0.3) is 0 Å². The Labute approximate surface area is 204 Å². The predicted molar refractivity (Wildman–Crippen MR) is 131 cm³/mol. The van der Waals surface area contributed by atoms with Crippen LogP contribution in [0.4, 0.5) is 0 Å². The van der Waals surface area contributed by atoms with E-state index in [1.54, 1.807) is 13.8 Å². The number of benzene rings is 2. The number of halogens is 1. The van der Waals surface area contributed by atoms with Crippen molar-refractivity contribution in [1.29, 1.82) is 0 Å². The minimum Gasteiger partial charge on any atom is -0.489 e. The highest BCUT2D eigenvalue weighted by Crippen LogP contribution is 2.61. The van der Waals surface area contributed by atoms with E-state index in [0.717, 1.165) is 47.1 Å². The molecule has 0 heterocycles. The Morgan fingerprint density at radius 2 is 1.35 bits per heavy atom. The van der Waals surface area contributed by atoms with Crippen LogP contribution in [0.25, 0.3) is 10.8 Å². The monoisotopic (exact) mass is 484 g/mol. The van der Waals surface area contributed by atoms with E-state index >= 15 is 0 Å². The third-order valence-electron chi connectivity index (χ3n) is 6.32. The van der Waals surface area contributed by atoms with Crippen LogP contribution in [0.1, 0.15) is 56.1 Å². The van der Waals surface area contributed by atoms with Gasteiger partial charge >= 0.3 is 11.9 Å². The maximum atomic E-state index is 11.7. The Morgan fingerprint density at radius 1 is 0.853 bits per heavy atom. The number of fused-ring (bicyclic) bond motifs is 6. The summed E-state index contributed by atoms with van der Waals surface area (Å²) in [6.07, 6.45) is 3.26. The van der Waals surface area contributed by atoms with Crippen LogP contribution < -0.4 is 9.47 Å². The van der Waals surface area contributed by atoms with Gasteiger partial charge in [0.15, 0.2) is 0 Å². The van der Waals surface area contributed by atoms with Gasteiger partial charge in [0.1, 0.15) is 37.9 Å². The fourth-order valence-corrected chi connectivity index (χ4v) is 5.04. The van der Waals surface area contributed by atoms with Crippen LogP contribution >= 0.6 is 11.6 Å². The van der Waals surface area contributed by atoms with E-state index in [1.807, 2.05) is 18.2 Å². The van der Waals surface area contributed by atoms with E-state index in [9.17, 15) is 9.59 Å². The predicted octanol–water partition coefficient (Wildman–Crippen LogP) is 5.85. The van der Waals surface area contributed by atoms with Crippen molar-refractivity contribution >= 4 is 34.3 Å². The first-order valence-corrected chi connectivity index (χ1v) is 11.9. The second kappa shape index (κ2) is 10.1. The largest absolute Gasteiger partial charge is 0.489 e. The van der Waals surface area contributed by atoms with Gasteiger partial charge in [-0.3, -0.25) is 0 Å². The van der Waals surface area contributed by atoms with E-state index in [4.69, 9.17) is 30.5 Å². The number of hydrogen-bond acceptors (Lipinski definition) is 6. The Kier molecular flexibility index (Phi) is 7.17. The van der Waals surface area contributed by atoms with Crippen molar-refractivity contribution < 1.29 is 28.5 Å². The molecule has 2 bridgehead atoms. The van der Waals surface area contributed by atoms with Crippen molar-refractivity contribution in [1.82, 2.24) is 0 Å². The highest BCUT2D eigenvalue weighted by atomic mass is 35.5. The summed E-state index contributed by atoms with van der Waals surface area (Å²) in [7, 11) is 0. The summed E-state index contributed by atoms with van der Waals surface area (Å²) in [6, 6.07) is 5.65. The summed E-state index contributed by atoms with van der Waals surface area (Å²) in [4.78, 5) is 23.4. The molecule has 180 valence electrons. The lowest BCUT2D eigenvalue weighted by molar-refractivity contribution is -0.140. The summed E-state index contributed by atoms with van der Waals surface area (Å²) in [5, 5.41) is 2.35. The van der Waals surface area contributed by atoms with Gasteiger partial charge in [0.2, 0.25) is 0 Å². The van der Waals surface area contributed by atoms with Crippen molar-refractivity contribution in [3.63, 3.8) is 0 Å². The van der Waals surface area contributed by atoms with Gasteiger partial charge in [0, 0.05) is 38.1 Å². The molecule has 2 aliphatic rings. The van der Waals surface area contributed by atoms with Crippen LogP contribution in [0.15, 0.2) is 42.5 Å². The smallest absolute Gasteiger partial charge is 0.333 e. The Hall–Kier alpha value is -2.99. The maximum Gasteiger partial charge on any atom is 0.333 e. The molecule has 1 fully saturated rings. The normalized spacial score (nSPS) is 17.9. The highest BCUT2D eigenvalue weighted by molar-refractivity contribution is 6.31. The van der Waals surface area contributed by atoms with Crippen LogP contribution in [0.2, 0.25) is 5.02 Å². The van der Waals surface area contributed by atoms with Gasteiger partial charge in [-0.2, -0.15) is 0 Å². The van der Waals surface area contributed by atoms with Crippen LogP contribution in [-0.4, -0.2) is 38.4 Å². The summed E-state index contributed by atoms with van der Waals surface area (Å²) in [6.45, 7) is 11.1. The lowest BCUT2D eigenvalue weighted by atomic mass is 9.87. The average molecular weight is 485 g/mol. The molecule has 1 saturated carbocycles. The lowest BCUT2D eigenvalue weighted by Gasteiger charge is -2.25. The summed E-state index contributed by atoms with van der Waals surface area (Å²) >= 11 is 6.36. The Bertz CT molecular complexity index is 1170. The van der Waals surface area contributed by atoms with Crippen molar-refractivity contribution in [2.45, 2.75) is 44.9 Å². The van der Waals surface area contributed by atoms with E-state index < -0.39 is 11.9 Å². The second-order valence-electron chi connectivity index (χ2n) is 8.91. The lowest BCUT2D eigenvalue weighted by Crippen LogP contribution is -2.15. The number of ether oxygens (including phenoxy) is 4. The van der Waals surface area contributed by atoms with Crippen molar-refractivity contribution in [2.24, 2.45) is 0 Å². The van der Waals surface area contributed by atoms with Crippen LogP contribution in [0.5, 0.6) is 11.5 Å². The zero-order valence-corrected chi connectivity index (χ0v) is 20.3. The average Bonchev–Trinajstić information content (AvgIpc) is 3.42. The van der Waals surface area contributed by atoms with Crippen molar-refractivity contribution in [3.05, 3.63) is 58.7 Å². The fourth-order valence-electron chi connectivity index (χ4n) is 4.87. The summed E-state index contributed by atoms with van der Waals surface area (Å²) < 4.78 is 22.9. The number of carbonyl (C=O) groups is 2. The van der Waals surface area contributed by atoms with Gasteiger partial charge in [-0.05, 0) is 63.1 Å². The van der Waals surface area contributed by atoms with Gasteiger partial charge in [-0.1, -0.05) is 24.8 Å². The molecular formula is C27H29ClO6. The van der Waals surface area contributed by atoms with Crippen molar-refractivity contribution in [3.8, 4) is 11.5 Å². The molecule has 0 aromatic heterocycles. The van der Waals surface area contributed by atoms with E-state index in [1.165, 1.54) is 5.56 Å². The molecule has 2 aromatic carbocycles. The zero-order valence-electron chi connectivity index (χ0n) is 19.6. The Morgan fingerprint density at radius 3 is 1.85 bits per heavy atom. The third-order valence-corrected chi connectivity index (χ3v) is 6.56. The number of rotatable bonds is 10. The quantitative estimate of drug-likeness (QED) is 0.239. The molecule has 2 aliphatic carbocycles. The summed E-state index contributed by atoms with van der Waals surface area (Å²) in [5.74, 6) is 1.52. The van der Waals surface area contributed by atoms with E-state index in [-0.39, 0.29) is 26.4 Å². The number of hydrogen-bond donors (Lipinski definition) is 0. The Balaban J connectivity index is 1.64. The van der Waals surface area contributed by atoms with Gasteiger partial charge < -0.3 is 18.9 Å². The van der Waals surface area contributed by atoms with E-state index in [0.29, 0.717) is 28.0 Å². The second-order valence-corrected chi connectivity index (χ2v) is 9.35. The van der Waals surface area contributed by atoms with Gasteiger partial charge in [-0.15, -0.1) is 0 Å². The third kappa shape index (κ3) is 4.78. The maximum absolute atomic E-state index is 11.7. The molecule has 0 spiro atoms. The summed E-state index contributed by atoms with van der Waals surface area (Å²) in [5.41, 5.74) is 3.04. The number of esters is 2. The standard InChI is InChI=1S/C27H29ClO6/c1-15(2)26(29)33-11-9-31-24-20-8-7-19(28)14-21(20)25(32-10-12-34-27(30)16(3)4)23-18-6-5-17(13-18)22(23)24/h7-8,14,17-18H,1,3,5-6,9-13H2,2,4H3. The SMILES string of the molecule is C=C(C)C(=O)OCCOc1c2c(c(OCCOC(=O)C(=C)C)c3cc(Cl)ccc13)C1CCC2C1. The molecule has 0 amide bonds. The molecule has 2 unspecified atom stereocenters. The molecule has 7 heteroatoms. The van der Waals surface area contributed by atoms with E-state index in [2.05, 4.69) is 13.2 Å².